The van der Waals surface area contributed by atoms with Gasteiger partial charge in [-0.15, -0.1) is 0 Å². The number of sulfonamides is 1. The lowest BCUT2D eigenvalue weighted by Crippen LogP contribution is -2.39. The van der Waals surface area contributed by atoms with Crippen LogP contribution in [-0.4, -0.2) is 47.8 Å². The molecule has 1 aliphatic heterocycles. The Kier molecular flexibility index (Phi) is 5.97. The van der Waals surface area contributed by atoms with Crippen molar-refractivity contribution in [2.24, 2.45) is 0 Å². The largest absolute Gasteiger partial charge is 0.373 e. The lowest BCUT2D eigenvalue weighted by Gasteiger charge is -2.32. The van der Waals surface area contributed by atoms with E-state index in [-0.39, 0.29) is 17.4 Å². The zero-order valence-electron chi connectivity index (χ0n) is 17.4. The summed E-state index contributed by atoms with van der Waals surface area (Å²) in [6.07, 6.45) is 4.88. The fourth-order valence-corrected chi connectivity index (χ4v) is 5.25. The summed E-state index contributed by atoms with van der Waals surface area (Å²) in [5.74, 6) is 0.578. The third kappa shape index (κ3) is 4.42. The second-order valence-corrected chi connectivity index (χ2v) is 9.54. The molecule has 1 saturated heterocycles. The molecule has 3 aromatic rings. The van der Waals surface area contributed by atoms with Gasteiger partial charge in [0.25, 0.3) is 0 Å². The molecule has 0 unspecified atom stereocenters. The second-order valence-electron chi connectivity index (χ2n) is 7.61. The molecule has 7 nitrogen and oxygen atoms in total. The molecule has 0 aliphatic carbocycles. The van der Waals surface area contributed by atoms with E-state index in [1.54, 1.807) is 26.4 Å². The minimum atomic E-state index is -3.80. The molecule has 1 aromatic carbocycles. The molecule has 162 valence electrons. The normalized spacial score (nSPS) is 17.5. The number of rotatable bonds is 5. The van der Waals surface area contributed by atoms with E-state index in [2.05, 4.69) is 15.3 Å². The van der Waals surface area contributed by atoms with E-state index in [1.165, 1.54) is 16.4 Å². The first-order valence-electron chi connectivity index (χ1n) is 10.1. The summed E-state index contributed by atoms with van der Waals surface area (Å²) in [6.45, 7) is 2.29. The van der Waals surface area contributed by atoms with Crippen molar-refractivity contribution < 1.29 is 12.8 Å². The first-order chi connectivity index (χ1) is 14.9. The molecule has 2 aromatic heterocycles. The maximum atomic E-state index is 14.0. The average molecular weight is 442 g/mol. The van der Waals surface area contributed by atoms with E-state index in [0.29, 0.717) is 30.2 Å². The minimum Gasteiger partial charge on any atom is -0.373 e. The molecule has 4 rings (SSSR count). The summed E-state index contributed by atoms with van der Waals surface area (Å²) in [6, 6.07) is 9.61. The van der Waals surface area contributed by atoms with Gasteiger partial charge >= 0.3 is 0 Å². The highest BCUT2D eigenvalue weighted by Gasteiger charge is 2.32. The number of pyridine rings is 1. The number of hydrogen-bond donors (Lipinski definition) is 1. The van der Waals surface area contributed by atoms with Crippen molar-refractivity contribution >= 4 is 15.8 Å². The molecular weight excluding hydrogens is 417 g/mol. The molecule has 9 heteroatoms. The summed E-state index contributed by atoms with van der Waals surface area (Å²) < 4.78 is 41.7. The quantitative estimate of drug-likeness (QED) is 0.651. The van der Waals surface area contributed by atoms with Gasteiger partial charge in [-0.1, -0.05) is 6.07 Å². The Labute approximate surface area is 181 Å². The highest BCUT2D eigenvalue weighted by atomic mass is 32.2. The number of hydrogen-bond acceptors (Lipinski definition) is 6. The minimum absolute atomic E-state index is 0.0223. The zero-order chi connectivity index (χ0) is 22.0. The van der Waals surface area contributed by atoms with Crippen LogP contribution in [0.1, 0.15) is 30.0 Å². The number of nitrogens with one attached hydrogen (secondary N) is 1. The molecule has 3 heterocycles. The lowest BCUT2D eigenvalue weighted by molar-refractivity contribution is 0.312. The van der Waals surface area contributed by atoms with Crippen LogP contribution in [0.15, 0.2) is 53.7 Å². The number of aryl methyl sites for hydroxylation is 1. The van der Waals surface area contributed by atoms with Gasteiger partial charge in [0.1, 0.15) is 11.6 Å². The first kappa shape index (κ1) is 21.3. The maximum Gasteiger partial charge on any atom is 0.243 e. The zero-order valence-corrected chi connectivity index (χ0v) is 18.2. The van der Waals surface area contributed by atoms with Crippen LogP contribution >= 0.6 is 0 Å². The van der Waals surface area contributed by atoms with Gasteiger partial charge in [-0.3, -0.25) is 4.98 Å². The Bertz CT molecular complexity index is 1190. The fourth-order valence-electron chi connectivity index (χ4n) is 3.71. The molecule has 1 fully saturated rings. The van der Waals surface area contributed by atoms with Gasteiger partial charge in [-0.05, 0) is 49.6 Å². The van der Waals surface area contributed by atoms with Gasteiger partial charge in [0, 0.05) is 50.1 Å². The Balaban J connectivity index is 1.65. The number of piperidine rings is 1. The van der Waals surface area contributed by atoms with Gasteiger partial charge in [0.05, 0.1) is 10.6 Å². The van der Waals surface area contributed by atoms with E-state index in [9.17, 15) is 12.8 Å². The first-order valence-corrected chi connectivity index (χ1v) is 11.6. The van der Waals surface area contributed by atoms with Gasteiger partial charge < -0.3 is 5.32 Å². The van der Waals surface area contributed by atoms with Crippen molar-refractivity contribution in [2.45, 2.75) is 30.6 Å². The summed E-state index contributed by atoms with van der Waals surface area (Å²) in [7, 11) is -2.02. The van der Waals surface area contributed by atoms with E-state index in [1.807, 2.05) is 18.2 Å². The molecule has 0 amide bonds. The average Bonchev–Trinajstić information content (AvgIpc) is 2.81. The van der Waals surface area contributed by atoms with Crippen LogP contribution in [0.5, 0.6) is 0 Å². The van der Waals surface area contributed by atoms with Gasteiger partial charge in [-0.2, -0.15) is 4.31 Å². The Hall–Kier alpha value is -2.91. The van der Waals surface area contributed by atoms with E-state index in [0.717, 1.165) is 23.7 Å². The molecule has 0 saturated carbocycles. The molecule has 0 bridgehead atoms. The number of aromatic nitrogens is 3. The Morgan fingerprint density at radius 3 is 2.74 bits per heavy atom. The molecule has 31 heavy (non-hydrogen) atoms. The molecule has 0 spiro atoms. The van der Waals surface area contributed by atoms with Crippen LogP contribution in [0.3, 0.4) is 0 Å². The van der Waals surface area contributed by atoms with Crippen LogP contribution in [0, 0.1) is 12.7 Å². The highest BCUT2D eigenvalue weighted by Crippen LogP contribution is 2.31. The standard InChI is InChI=1S/C22H24FN5O2S/c1-15-7-8-18(11-19(15)23)31(29,30)28-10-4-6-17(14-28)20-12-21(24-2)27-22(26-20)16-5-3-9-25-13-16/h3,5,7-9,11-13,17H,4,6,10,14H2,1-2H3,(H,24,26,27)/t17-/m1/s1. The van der Waals surface area contributed by atoms with Gasteiger partial charge in [0.15, 0.2) is 5.82 Å². The molecule has 0 radical (unpaired) electrons. The van der Waals surface area contributed by atoms with Crippen molar-refractivity contribution in [1.29, 1.82) is 0 Å². The molecule has 1 atom stereocenters. The lowest BCUT2D eigenvalue weighted by atomic mass is 9.95. The molecular formula is C22H24FN5O2S. The SMILES string of the molecule is CNc1cc([C@@H]2CCCN(S(=O)(=O)c3ccc(C)c(F)c3)C2)nc(-c2cccnc2)n1. The van der Waals surface area contributed by atoms with Crippen LogP contribution in [0.4, 0.5) is 10.2 Å². The molecule has 1 N–H and O–H groups in total. The van der Waals surface area contributed by atoms with Crippen LogP contribution < -0.4 is 5.32 Å². The van der Waals surface area contributed by atoms with E-state index >= 15 is 0 Å². The van der Waals surface area contributed by atoms with Gasteiger partial charge in [-0.25, -0.2) is 22.8 Å². The summed E-state index contributed by atoms with van der Waals surface area (Å²) in [5, 5.41) is 3.05. The number of anilines is 1. The topological polar surface area (TPSA) is 88.1 Å². The number of nitrogens with zero attached hydrogens (tertiary/aromatic N) is 4. The second kappa shape index (κ2) is 8.68. The predicted molar refractivity (Wildman–Crippen MR) is 117 cm³/mol. The van der Waals surface area contributed by atoms with E-state index in [4.69, 9.17) is 4.98 Å². The fraction of sp³-hybridized carbons (Fsp3) is 0.318. The number of halogens is 1. The van der Waals surface area contributed by atoms with E-state index < -0.39 is 15.8 Å². The number of benzene rings is 1. The summed E-state index contributed by atoms with van der Waals surface area (Å²) in [4.78, 5) is 13.3. The smallest absolute Gasteiger partial charge is 0.243 e. The van der Waals surface area contributed by atoms with Crippen molar-refractivity contribution in [1.82, 2.24) is 19.3 Å². The van der Waals surface area contributed by atoms with Crippen molar-refractivity contribution in [3.8, 4) is 11.4 Å². The van der Waals surface area contributed by atoms with Crippen LogP contribution in [0.2, 0.25) is 0 Å². The summed E-state index contributed by atoms with van der Waals surface area (Å²) >= 11 is 0. The maximum absolute atomic E-state index is 14.0. The third-order valence-corrected chi connectivity index (χ3v) is 7.37. The van der Waals surface area contributed by atoms with Crippen molar-refractivity contribution in [3.63, 3.8) is 0 Å². The Morgan fingerprint density at radius 2 is 2.03 bits per heavy atom. The summed E-state index contributed by atoms with van der Waals surface area (Å²) in [5.41, 5.74) is 1.98. The predicted octanol–water partition coefficient (Wildman–Crippen LogP) is 3.60. The Morgan fingerprint density at radius 1 is 1.19 bits per heavy atom. The van der Waals surface area contributed by atoms with Crippen LogP contribution in [0.25, 0.3) is 11.4 Å². The monoisotopic (exact) mass is 441 g/mol. The highest BCUT2D eigenvalue weighted by molar-refractivity contribution is 7.89. The van der Waals surface area contributed by atoms with Crippen molar-refractivity contribution in [3.05, 3.63) is 65.9 Å². The van der Waals surface area contributed by atoms with Gasteiger partial charge in [0.2, 0.25) is 10.0 Å². The molecule has 1 aliphatic rings. The van der Waals surface area contributed by atoms with Crippen LogP contribution in [-0.2, 0) is 10.0 Å². The van der Waals surface area contributed by atoms with Crippen molar-refractivity contribution in [2.75, 3.05) is 25.5 Å². The third-order valence-electron chi connectivity index (χ3n) is 5.51.